The summed E-state index contributed by atoms with van der Waals surface area (Å²) in [5, 5.41) is 3.17. The fourth-order valence-electron chi connectivity index (χ4n) is 3.83. The van der Waals surface area contributed by atoms with Gasteiger partial charge in [-0.2, -0.15) is 0 Å². The number of benzene rings is 1. The predicted molar refractivity (Wildman–Crippen MR) is 114 cm³/mol. The summed E-state index contributed by atoms with van der Waals surface area (Å²) in [4.78, 5) is 31.9. The summed E-state index contributed by atoms with van der Waals surface area (Å²) >= 11 is 5.93. The van der Waals surface area contributed by atoms with E-state index in [9.17, 15) is 9.59 Å². The van der Waals surface area contributed by atoms with Gasteiger partial charge in [0.1, 0.15) is 11.9 Å². The molecule has 5 nitrogen and oxygen atoms in total. The molecule has 0 saturated heterocycles. The van der Waals surface area contributed by atoms with Crippen molar-refractivity contribution in [2.24, 2.45) is 0 Å². The second-order valence-corrected chi connectivity index (χ2v) is 7.94. The molecule has 0 radical (unpaired) electrons. The molecule has 2 amide bonds. The van der Waals surface area contributed by atoms with Gasteiger partial charge in [0.15, 0.2) is 0 Å². The highest BCUT2D eigenvalue weighted by atomic mass is 35.5. The number of halogens is 1. The van der Waals surface area contributed by atoms with E-state index in [0.717, 1.165) is 36.8 Å². The molecule has 6 heteroatoms. The van der Waals surface area contributed by atoms with Gasteiger partial charge in [0.25, 0.3) is 0 Å². The topological polar surface area (TPSA) is 62.3 Å². The number of hydrogen-bond donors (Lipinski definition) is 1. The van der Waals surface area contributed by atoms with Crippen LogP contribution < -0.4 is 5.32 Å². The van der Waals surface area contributed by atoms with Crippen LogP contribution in [0.25, 0.3) is 0 Å². The van der Waals surface area contributed by atoms with Crippen molar-refractivity contribution in [3.05, 3.63) is 65.5 Å². The van der Waals surface area contributed by atoms with Gasteiger partial charge in [-0.3, -0.25) is 14.6 Å². The number of aryl methyl sites for hydroxylation is 1. The molecule has 1 saturated carbocycles. The maximum absolute atomic E-state index is 13.3. The van der Waals surface area contributed by atoms with Gasteiger partial charge in [0, 0.05) is 30.5 Å². The molecule has 1 aliphatic carbocycles. The second-order valence-electron chi connectivity index (χ2n) is 7.67. The normalized spacial score (nSPS) is 15.5. The van der Waals surface area contributed by atoms with Crippen LogP contribution in [0.2, 0.25) is 0 Å². The van der Waals surface area contributed by atoms with E-state index in [0.29, 0.717) is 12.1 Å². The van der Waals surface area contributed by atoms with E-state index >= 15 is 0 Å². The Morgan fingerprint density at radius 2 is 1.90 bits per heavy atom. The SMILES string of the molecule is Cc1ccc(CN(C(=O)CCl)[C@@H](C(=O)NC2CCCCC2)c2cccnc2)cc1. The van der Waals surface area contributed by atoms with Crippen molar-refractivity contribution >= 4 is 23.4 Å². The molecular weight excluding hydrogens is 386 g/mol. The van der Waals surface area contributed by atoms with Crippen LogP contribution in [0.3, 0.4) is 0 Å². The van der Waals surface area contributed by atoms with Crippen molar-refractivity contribution in [2.45, 2.75) is 57.7 Å². The third-order valence-electron chi connectivity index (χ3n) is 5.42. The van der Waals surface area contributed by atoms with Crippen LogP contribution in [0, 0.1) is 6.92 Å². The number of carbonyl (C=O) groups is 2. The van der Waals surface area contributed by atoms with Crippen LogP contribution in [0.5, 0.6) is 0 Å². The monoisotopic (exact) mass is 413 g/mol. The van der Waals surface area contributed by atoms with E-state index in [2.05, 4.69) is 10.3 Å². The van der Waals surface area contributed by atoms with Crippen LogP contribution >= 0.6 is 11.6 Å². The summed E-state index contributed by atoms with van der Waals surface area (Å²) in [7, 11) is 0. The number of pyridine rings is 1. The molecule has 1 heterocycles. The van der Waals surface area contributed by atoms with Gasteiger partial charge in [-0.25, -0.2) is 0 Å². The van der Waals surface area contributed by atoms with Crippen molar-refractivity contribution < 1.29 is 9.59 Å². The van der Waals surface area contributed by atoms with E-state index in [4.69, 9.17) is 11.6 Å². The van der Waals surface area contributed by atoms with E-state index in [1.54, 1.807) is 23.4 Å². The summed E-state index contributed by atoms with van der Waals surface area (Å²) in [6.45, 7) is 2.32. The Hall–Kier alpha value is -2.40. The number of aromatic nitrogens is 1. The van der Waals surface area contributed by atoms with Gasteiger partial charge >= 0.3 is 0 Å². The van der Waals surface area contributed by atoms with Crippen molar-refractivity contribution in [3.8, 4) is 0 Å². The minimum Gasteiger partial charge on any atom is -0.351 e. The number of rotatable bonds is 7. The minimum atomic E-state index is -0.766. The maximum atomic E-state index is 13.3. The molecular formula is C23H28ClN3O2. The lowest BCUT2D eigenvalue weighted by molar-refractivity contribution is -0.140. The van der Waals surface area contributed by atoms with Gasteiger partial charge < -0.3 is 10.2 Å². The first-order valence-corrected chi connectivity index (χ1v) is 10.7. The molecule has 154 valence electrons. The average molecular weight is 414 g/mol. The zero-order valence-electron chi connectivity index (χ0n) is 16.8. The third kappa shape index (κ3) is 5.80. The Kier molecular flexibility index (Phi) is 7.64. The number of carbonyl (C=O) groups excluding carboxylic acids is 2. The Bertz CT molecular complexity index is 805. The summed E-state index contributed by atoms with van der Waals surface area (Å²) in [6, 6.07) is 11.0. The van der Waals surface area contributed by atoms with E-state index in [-0.39, 0.29) is 23.7 Å². The molecule has 1 aromatic carbocycles. The van der Waals surface area contributed by atoms with Crippen LogP contribution in [0.15, 0.2) is 48.8 Å². The van der Waals surface area contributed by atoms with Gasteiger partial charge in [-0.15, -0.1) is 11.6 Å². The van der Waals surface area contributed by atoms with Crippen molar-refractivity contribution in [3.63, 3.8) is 0 Å². The Labute approximate surface area is 177 Å². The molecule has 1 N–H and O–H groups in total. The molecule has 1 aliphatic rings. The fourth-order valence-corrected chi connectivity index (χ4v) is 3.98. The summed E-state index contributed by atoms with van der Waals surface area (Å²) in [6.07, 6.45) is 8.72. The fraction of sp³-hybridized carbons (Fsp3) is 0.435. The molecule has 0 bridgehead atoms. The highest BCUT2D eigenvalue weighted by Gasteiger charge is 2.32. The molecule has 1 fully saturated rings. The molecule has 0 spiro atoms. The lowest BCUT2D eigenvalue weighted by atomic mass is 9.94. The Morgan fingerprint density at radius 3 is 2.52 bits per heavy atom. The maximum Gasteiger partial charge on any atom is 0.247 e. The first-order chi connectivity index (χ1) is 14.1. The number of alkyl halides is 1. The summed E-state index contributed by atoms with van der Waals surface area (Å²) in [5.74, 6) is -0.630. The van der Waals surface area contributed by atoms with Crippen LogP contribution in [0.1, 0.15) is 54.8 Å². The first kappa shape index (κ1) is 21.3. The molecule has 29 heavy (non-hydrogen) atoms. The van der Waals surface area contributed by atoms with Gasteiger partial charge in [-0.1, -0.05) is 55.2 Å². The average Bonchev–Trinajstić information content (AvgIpc) is 2.75. The van der Waals surface area contributed by atoms with Gasteiger partial charge in [0.05, 0.1) is 0 Å². The largest absolute Gasteiger partial charge is 0.351 e. The Balaban J connectivity index is 1.90. The van der Waals surface area contributed by atoms with Crippen molar-refractivity contribution in [1.29, 1.82) is 0 Å². The third-order valence-corrected chi connectivity index (χ3v) is 5.65. The highest BCUT2D eigenvalue weighted by Crippen LogP contribution is 2.25. The van der Waals surface area contributed by atoms with E-state index in [1.807, 2.05) is 37.3 Å². The van der Waals surface area contributed by atoms with Gasteiger partial charge in [0.2, 0.25) is 11.8 Å². The smallest absolute Gasteiger partial charge is 0.247 e. The molecule has 3 rings (SSSR count). The van der Waals surface area contributed by atoms with E-state index < -0.39 is 6.04 Å². The summed E-state index contributed by atoms with van der Waals surface area (Å²) in [5.41, 5.74) is 2.78. The Morgan fingerprint density at radius 1 is 1.17 bits per heavy atom. The molecule has 0 aliphatic heterocycles. The minimum absolute atomic E-state index is 0.155. The molecule has 1 aromatic heterocycles. The first-order valence-electron chi connectivity index (χ1n) is 10.2. The second kappa shape index (κ2) is 10.4. The number of nitrogens with zero attached hydrogens (tertiary/aromatic N) is 2. The standard InChI is InChI=1S/C23H28ClN3O2/c1-17-9-11-18(12-10-17)16-27(21(28)14-24)22(19-6-5-13-25-15-19)23(29)26-20-7-3-2-4-8-20/h5-6,9-13,15,20,22H,2-4,7-8,14,16H2,1H3,(H,26,29)/t22-/m1/s1. The van der Waals surface area contributed by atoms with Crippen LogP contribution in [-0.4, -0.2) is 33.6 Å². The highest BCUT2D eigenvalue weighted by molar-refractivity contribution is 6.27. The molecule has 2 aromatic rings. The number of amides is 2. The van der Waals surface area contributed by atoms with Crippen molar-refractivity contribution in [1.82, 2.24) is 15.2 Å². The molecule has 0 unspecified atom stereocenters. The van der Waals surface area contributed by atoms with Crippen molar-refractivity contribution in [2.75, 3.05) is 5.88 Å². The van der Waals surface area contributed by atoms with Crippen LogP contribution in [0.4, 0.5) is 0 Å². The zero-order chi connectivity index (χ0) is 20.6. The number of nitrogens with one attached hydrogen (secondary N) is 1. The molecule has 1 atom stereocenters. The predicted octanol–water partition coefficient (Wildman–Crippen LogP) is 4.15. The van der Waals surface area contributed by atoms with Gasteiger partial charge in [-0.05, 0) is 31.4 Å². The quantitative estimate of drug-likeness (QED) is 0.693. The lowest BCUT2D eigenvalue weighted by Crippen LogP contribution is -2.47. The van der Waals surface area contributed by atoms with E-state index in [1.165, 1.54) is 6.42 Å². The lowest BCUT2D eigenvalue weighted by Gasteiger charge is -2.33. The van der Waals surface area contributed by atoms with Crippen LogP contribution in [-0.2, 0) is 16.1 Å². The number of hydrogen-bond acceptors (Lipinski definition) is 3. The summed E-state index contributed by atoms with van der Waals surface area (Å²) < 4.78 is 0. The zero-order valence-corrected chi connectivity index (χ0v) is 17.6.